The van der Waals surface area contributed by atoms with Crippen LogP contribution < -0.4 is 5.32 Å². The lowest BCUT2D eigenvalue weighted by Crippen LogP contribution is -2.15. The van der Waals surface area contributed by atoms with E-state index in [2.05, 4.69) is 10.4 Å². The number of hydrogen-bond donors (Lipinski definition) is 1. The lowest BCUT2D eigenvalue weighted by Gasteiger charge is -2.09. The van der Waals surface area contributed by atoms with Crippen molar-refractivity contribution in [3.63, 3.8) is 0 Å². The van der Waals surface area contributed by atoms with Gasteiger partial charge in [-0.2, -0.15) is 18.3 Å². The maximum Gasteiger partial charge on any atom is 0.416 e. The van der Waals surface area contributed by atoms with Crippen LogP contribution in [0.4, 0.5) is 23.2 Å². The zero-order valence-electron chi connectivity index (χ0n) is 10.2. The van der Waals surface area contributed by atoms with Crippen LogP contribution in [0.3, 0.4) is 0 Å². The van der Waals surface area contributed by atoms with E-state index < -0.39 is 29.0 Å². The number of rotatable bonds is 2. The van der Waals surface area contributed by atoms with Crippen molar-refractivity contribution in [1.29, 1.82) is 0 Å². The molecule has 4 nitrogen and oxygen atoms in total. The first-order valence-corrected chi connectivity index (χ1v) is 5.44. The highest BCUT2D eigenvalue weighted by Crippen LogP contribution is 2.30. The minimum Gasteiger partial charge on any atom is -0.319 e. The summed E-state index contributed by atoms with van der Waals surface area (Å²) in [5, 5.41) is 6.04. The van der Waals surface area contributed by atoms with E-state index in [4.69, 9.17) is 0 Å². The summed E-state index contributed by atoms with van der Waals surface area (Å²) in [6.45, 7) is 0. The van der Waals surface area contributed by atoms with Gasteiger partial charge in [-0.05, 0) is 18.2 Å². The molecule has 106 valence electrons. The van der Waals surface area contributed by atoms with Crippen LogP contribution in [0.15, 0.2) is 30.6 Å². The Morgan fingerprint density at radius 3 is 2.60 bits per heavy atom. The number of amides is 1. The number of nitrogens with zero attached hydrogens (tertiary/aromatic N) is 2. The van der Waals surface area contributed by atoms with E-state index in [-0.39, 0.29) is 5.69 Å². The van der Waals surface area contributed by atoms with Crippen molar-refractivity contribution in [2.24, 2.45) is 7.05 Å². The summed E-state index contributed by atoms with van der Waals surface area (Å²) in [4.78, 5) is 11.8. The number of alkyl halides is 3. The molecule has 0 bridgehead atoms. The summed E-state index contributed by atoms with van der Waals surface area (Å²) in [6, 6.07) is 1.66. The van der Waals surface area contributed by atoms with Gasteiger partial charge in [0.15, 0.2) is 0 Å². The van der Waals surface area contributed by atoms with Crippen LogP contribution in [0.2, 0.25) is 0 Å². The Bertz CT molecular complexity index is 648. The van der Waals surface area contributed by atoms with Gasteiger partial charge in [-0.1, -0.05) is 0 Å². The van der Waals surface area contributed by atoms with Crippen molar-refractivity contribution in [3.8, 4) is 0 Å². The van der Waals surface area contributed by atoms with Gasteiger partial charge in [0.2, 0.25) is 0 Å². The van der Waals surface area contributed by atoms with E-state index in [0.29, 0.717) is 18.2 Å². The van der Waals surface area contributed by atoms with E-state index in [1.165, 1.54) is 17.1 Å². The third-order valence-electron chi connectivity index (χ3n) is 2.50. The average molecular weight is 287 g/mol. The van der Waals surface area contributed by atoms with Gasteiger partial charge in [-0.3, -0.25) is 9.48 Å². The first kappa shape index (κ1) is 14.0. The number of halogens is 4. The number of benzene rings is 1. The highest BCUT2D eigenvalue weighted by molar-refractivity contribution is 6.04. The molecule has 0 saturated heterocycles. The van der Waals surface area contributed by atoms with Crippen molar-refractivity contribution in [1.82, 2.24) is 9.78 Å². The zero-order valence-corrected chi connectivity index (χ0v) is 10.2. The predicted molar refractivity (Wildman–Crippen MR) is 62.6 cm³/mol. The fourth-order valence-electron chi connectivity index (χ4n) is 1.56. The zero-order chi connectivity index (χ0) is 14.9. The summed E-state index contributed by atoms with van der Waals surface area (Å²) in [5.74, 6) is -2.00. The molecule has 0 atom stereocenters. The predicted octanol–water partition coefficient (Wildman–Crippen LogP) is 2.83. The molecule has 1 N–H and O–H groups in total. The van der Waals surface area contributed by atoms with Crippen molar-refractivity contribution < 1.29 is 22.4 Å². The molecule has 20 heavy (non-hydrogen) atoms. The van der Waals surface area contributed by atoms with Gasteiger partial charge < -0.3 is 5.32 Å². The van der Waals surface area contributed by atoms with E-state index in [9.17, 15) is 22.4 Å². The highest BCUT2D eigenvalue weighted by Gasteiger charge is 2.31. The molecular formula is C12H9F4N3O. The maximum atomic E-state index is 13.5. The van der Waals surface area contributed by atoms with Gasteiger partial charge in [0.05, 0.1) is 23.0 Å². The number of aryl methyl sites for hydroxylation is 1. The number of anilines is 1. The maximum absolute atomic E-state index is 13.5. The van der Waals surface area contributed by atoms with E-state index in [0.717, 1.165) is 0 Å². The fraction of sp³-hybridized carbons (Fsp3) is 0.167. The molecule has 0 unspecified atom stereocenters. The average Bonchev–Trinajstić information content (AvgIpc) is 2.73. The van der Waals surface area contributed by atoms with Crippen LogP contribution >= 0.6 is 0 Å². The largest absolute Gasteiger partial charge is 0.416 e. The summed E-state index contributed by atoms with van der Waals surface area (Å²) in [5.41, 5.74) is -1.51. The Kier molecular flexibility index (Phi) is 3.47. The quantitative estimate of drug-likeness (QED) is 0.863. The summed E-state index contributed by atoms with van der Waals surface area (Å²) in [6.07, 6.45) is -1.91. The van der Waals surface area contributed by atoms with E-state index in [1.54, 1.807) is 7.05 Å². The monoisotopic (exact) mass is 287 g/mol. The van der Waals surface area contributed by atoms with Crippen molar-refractivity contribution >= 4 is 11.6 Å². The van der Waals surface area contributed by atoms with Crippen LogP contribution in [0.25, 0.3) is 0 Å². The molecule has 0 saturated carbocycles. The van der Waals surface area contributed by atoms with Crippen LogP contribution in [0.5, 0.6) is 0 Å². The Labute approximate surface area is 111 Å². The third kappa shape index (κ3) is 2.95. The fourth-order valence-corrected chi connectivity index (χ4v) is 1.56. The first-order chi connectivity index (χ1) is 9.27. The minimum absolute atomic E-state index is 0.259. The van der Waals surface area contributed by atoms with Crippen LogP contribution in [0.1, 0.15) is 15.9 Å². The second-order valence-electron chi connectivity index (χ2n) is 4.05. The van der Waals surface area contributed by atoms with Gasteiger partial charge >= 0.3 is 6.18 Å². The molecule has 0 radical (unpaired) electrons. The van der Waals surface area contributed by atoms with Gasteiger partial charge in [0, 0.05) is 13.2 Å². The normalized spacial score (nSPS) is 11.4. The molecule has 0 aliphatic heterocycles. The molecular weight excluding hydrogens is 278 g/mol. The van der Waals surface area contributed by atoms with Crippen molar-refractivity contribution in [2.45, 2.75) is 6.18 Å². The standard InChI is InChI=1S/C12H9F4N3O/c1-19-6-8(5-17-19)18-11(20)9-4-7(12(14,15)16)2-3-10(9)13/h2-6H,1H3,(H,18,20). The Morgan fingerprint density at radius 1 is 1.35 bits per heavy atom. The number of hydrogen-bond acceptors (Lipinski definition) is 2. The molecule has 0 aliphatic rings. The van der Waals surface area contributed by atoms with Gasteiger partial charge in [0.1, 0.15) is 5.82 Å². The molecule has 1 aromatic heterocycles. The minimum atomic E-state index is -4.64. The topological polar surface area (TPSA) is 46.9 Å². The number of aromatic nitrogens is 2. The Morgan fingerprint density at radius 2 is 2.05 bits per heavy atom. The molecule has 2 aromatic rings. The molecule has 1 heterocycles. The van der Waals surface area contributed by atoms with Crippen LogP contribution in [0, 0.1) is 5.82 Å². The number of nitrogens with one attached hydrogen (secondary N) is 1. The molecule has 0 aliphatic carbocycles. The molecule has 0 spiro atoms. The Hall–Kier alpha value is -2.38. The number of carbonyl (C=O) groups excluding carboxylic acids is 1. The Balaban J connectivity index is 2.29. The lowest BCUT2D eigenvalue weighted by atomic mass is 10.1. The van der Waals surface area contributed by atoms with E-state index >= 15 is 0 Å². The van der Waals surface area contributed by atoms with Crippen molar-refractivity contribution in [2.75, 3.05) is 5.32 Å². The second kappa shape index (κ2) is 4.95. The second-order valence-corrected chi connectivity index (χ2v) is 4.05. The smallest absolute Gasteiger partial charge is 0.319 e. The molecule has 2 rings (SSSR count). The highest BCUT2D eigenvalue weighted by atomic mass is 19.4. The molecule has 1 aromatic carbocycles. The third-order valence-corrected chi connectivity index (χ3v) is 2.50. The van der Waals surface area contributed by atoms with Gasteiger partial charge in [-0.25, -0.2) is 4.39 Å². The summed E-state index contributed by atoms with van der Waals surface area (Å²) >= 11 is 0. The summed E-state index contributed by atoms with van der Waals surface area (Å²) < 4.78 is 52.4. The molecule has 1 amide bonds. The lowest BCUT2D eigenvalue weighted by molar-refractivity contribution is -0.137. The van der Waals surface area contributed by atoms with Gasteiger partial charge in [-0.15, -0.1) is 0 Å². The SMILES string of the molecule is Cn1cc(NC(=O)c2cc(C(F)(F)F)ccc2F)cn1. The molecule has 0 fully saturated rings. The number of carbonyl (C=O) groups is 1. The van der Waals surface area contributed by atoms with E-state index in [1.807, 2.05) is 0 Å². The summed E-state index contributed by atoms with van der Waals surface area (Å²) in [7, 11) is 1.60. The van der Waals surface area contributed by atoms with Crippen molar-refractivity contribution in [3.05, 3.63) is 47.5 Å². The van der Waals surface area contributed by atoms with Crippen LogP contribution in [-0.4, -0.2) is 15.7 Å². The van der Waals surface area contributed by atoms with Crippen LogP contribution in [-0.2, 0) is 13.2 Å². The molecule has 8 heteroatoms. The van der Waals surface area contributed by atoms with Gasteiger partial charge in [0.25, 0.3) is 5.91 Å². The first-order valence-electron chi connectivity index (χ1n) is 5.44.